The van der Waals surface area contributed by atoms with E-state index in [-0.39, 0.29) is 25.5 Å². The zero-order chi connectivity index (χ0) is 24.2. The molecule has 0 saturated carbocycles. The van der Waals surface area contributed by atoms with Gasteiger partial charge in [0, 0.05) is 24.4 Å². The van der Waals surface area contributed by atoms with Crippen molar-refractivity contribution in [2.75, 3.05) is 27.2 Å². The van der Waals surface area contributed by atoms with Crippen LogP contribution in [0.25, 0.3) is 11.1 Å². The van der Waals surface area contributed by atoms with Gasteiger partial charge in [0.1, 0.15) is 12.6 Å². The Bertz CT molecular complexity index is 989. The molecule has 2 aromatic carbocycles. The normalized spacial score (nSPS) is 13.7. The number of nitrogens with zero attached hydrogens (tertiary/aromatic N) is 1. The Morgan fingerprint density at radius 1 is 1.03 bits per heavy atom. The Labute approximate surface area is 193 Å². The second-order valence-corrected chi connectivity index (χ2v) is 9.23. The third-order valence-electron chi connectivity index (χ3n) is 5.57. The van der Waals surface area contributed by atoms with Gasteiger partial charge in [0.25, 0.3) is 0 Å². The van der Waals surface area contributed by atoms with Gasteiger partial charge in [-0.05, 0) is 50.2 Å². The van der Waals surface area contributed by atoms with Crippen molar-refractivity contribution in [3.63, 3.8) is 0 Å². The molecular formula is C25H31N3O5. The maximum absolute atomic E-state index is 12.5. The summed E-state index contributed by atoms with van der Waals surface area (Å²) >= 11 is 0. The van der Waals surface area contributed by atoms with Gasteiger partial charge in [-0.1, -0.05) is 48.5 Å². The molecule has 0 aliphatic heterocycles. The van der Waals surface area contributed by atoms with Crippen molar-refractivity contribution in [1.29, 1.82) is 0 Å². The minimum atomic E-state index is -1.11. The number of aliphatic carboxylic acids is 1. The highest BCUT2D eigenvalue weighted by atomic mass is 16.5. The van der Waals surface area contributed by atoms with Gasteiger partial charge in [-0.3, -0.25) is 4.79 Å². The Hall–Kier alpha value is -3.39. The van der Waals surface area contributed by atoms with Gasteiger partial charge in [-0.25, -0.2) is 9.59 Å². The monoisotopic (exact) mass is 453 g/mol. The molecule has 0 unspecified atom stereocenters. The number of benzene rings is 2. The van der Waals surface area contributed by atoms with Crippen LogP contribution in [0, 0.1) is 0 Å². The molecule has 0 spiro atoms. The molecule has 0 bridgehead atoms. The second kappa shape index (κ2) is 10.0. The van der Waals surface area contributed by atoms with Gasteiger partial charge in [0.05, 0.1) is 0 Å². The highest BCUT2D eigenvalue weighted by Gasteiger charge is 2.31. The third kappa shape index (κ3) is 6.10. The molecule has 1 aliphatic carbocycles. The smallest absolute Gasteiger partial charge is 0.407 e. The summed E-state index contributed by atoms with van der Waals surface area (Å²) in [6, 6.07) is 15.1. The van der Waals surface area contributed by atoms with Crippen LogP contribution >= 0.6 is 0 Å². The number of carboxylic acids is 1. The number of carbonyl (C=O) groups is 3. The first-order chi connectivity index (χ1) is 15.6. The number of likely N-dealkylation sites (N-methyl/N-ethyl adjacent to an activating group) is 1. The predicted octanol–water partition coefficient (Wildman–Crippen LogP) is 2.82. The molecule has 0 radical (unpaired) electrons. The second-order valence-electron chi connectivity index (χ2n) is 9.23. The highest BCUT2D eigenvalue weighted by Crippen LogP contribution is 2.44. The molecule has 0 fully saturated rings. The van der Waals surface area contributed by atoms with Gasteiger partial charge in [-0.15, -0.1) is 0 Å². The average Bonchev–Trinajstić information content (AvgIpc) is 3.04. The van der Waals surface area contributed by atoms with Crippen LogP contribution in [0.3, 0.4) is 0 Å². The lowest BCUT2D eigenvalue weighted by molar-refractivity contribution is -0.142. The summed E-state index contributed by atoms with van der Waals surface area (Å²) in [5.41, 5.74) is 3.60. The number of nitrogens with one attached hydrogen (secondary N) is 2. The van der Waals surface area contributed by atoms with Gasteiger partial charge in [0.2, 0.25) is 5.91 Å². The van der Waals surface area contributed by atoms with E-state index in [4.69, 9.17) is 4.74 Å². The van der Waals surface area contributed by atoms with E-state index in [9.17, 15) is 19.5 Å². The van der Waals surface area contributed by atoms with Gasteiger partial charge in [-0.2, -0.15) is 0 Å². The fourth-order valence-corrected chi connectivity index (χ4v) is 4.15. The van der Waals surface area contributed by atoms with Crippen LogP contribution in [0.4, 0.5) is 4.79 Å². The molecule has 8 heteroatoms. The van der Waals surface area contributed by atoms with Crippen LogP contribution in [-0.4, -0.2) is 66.8 Å². The van der Waals surface area contributed by atoms with Crippen molar-refractivity contribution in [3.05, 3.63) is 59.7 Å². The largest absolute Gasteiger partial charge is 0.480 e. The Balaban J connectivity index is 1.57. The molecule has 3 N–H and O–H groups in total. The summed E-state index contributed by atoms with van der Waals surface area (Å²) in [4.78, 5) is 38.0. The summed E-state index contributed by atoms with van der Waals surface area (Å²) in [5.74, 6) is -1.63. The minimum absolute atomic E-state index is 0.0584. The fourth-order valence-electron chi connectivity index (χ4n) is 4.15. The van der Waals surface area contributed by atoms with E-state index in [1.807, 2.05) is 36.4 Å². The number of rotatable bonds is 9. The van der Waals surface area contributed by atoms with Crippen LogP contribution in [0.15, 0.2) is 48.5 Å². The van der Waals surface area contributed by atoms with E-state index in [0.717, 1.165) is 22.3 Å². The summed E-state index contributed by atoms with van der Waals surface area (Å²) in [6.07, 6.45) is -0.716. The average molecular weight is 454 g/mol. The van der Waals surface area contributed by atoms with Crippen molar-refractivity contribution in [1.82, 2.24) is 15.5 Å². The molecule has 0 saturated heterocycles. The molecule has 2 aromatic rings. The highest BCUT2D eigenvalue weighted by molar-refractivity contribution is 5.85. The number of ether oxygens (including phenoxy) is 1. The molecule has 0 heterocycles. The molecule has 176 valence electrons. The first kappa shape index (κ1) is 24.3. The van der Waals surface area contributed by atoms with Gasteiger partial charge >= 0.3 is 12.1 Å². The SMILES string of the molecule is CN(C)C[C@H](NC(=O)CC(C)(C)NC(=O)OCC1c2ccccc2-c2ccccc21)C(=O)O. The van der Waals surface area contributed by atoms with E-state index < -0.39 is 29.6 Å². The van der Waals surface area contributed by atoms with Crippen molar-refractivity contribution in [2.24, 2.45) is 0 Å². The zero-order valence-electron chi connectivity index (χ0n) is 19.4. The molecule has 2 amide bonds. The van der Waals surface area contributed by atoms with Crippen LogP contribution in [0.1, 0.15) is 37.3 Å². The molecule has 3 rings (SSSR count). The van der Waals surface area contributed by atoms with Crippen LogP contribution in [0.2, 0.25) is 0 Å². The Kier molecular flexibility index (Phi) is 7.38. The summed E-state index contributed by atoms with van der Waals surface area (Å²) in [6.45, 7) is 3.72. The lowest BCUT2D eigenvalue weighted by Gasteiger charge is -2.27. The van der Waals surface area contributed by atoms with Crippen LogP contribution < -0.4 is 10.6 Å². The predicted molar refractivity (Wildman–Crippen MR) is 125 cm³/mol. The number of alkyl carbamates (subject to hydrolysis) is 1. The standard InChI is InChI=1S/C25H31N3O5/c1-25(2,13-22(29)26-21(23(30)31)14-28(3)4)27-24(32)33-15-20-18-11-7-5-9-16(18)17-10-6-8-12-19(17)20/h5-12,20-21H,13-15H2,1-4H3,(H,26,29)(H,27,32)(H,30,31)/t21-/m0/s1. The number of hydrogen-bond donors (Lipinski definition) is 3. The third-order valence-corrected chi connectivity index (χ3v) is 5.57. The Morgan fingerprint density at radius 3 is 2.09 bits per heavy atom. The molecule has 8 nitrogen and oxygen atoms in total. The maximum Gasteiger partial charge on any atom is 0.407 e. The maximum atomic E-state index is 12.5. The van der Waals surface area contributed by atoms with E-state index in [2.05, 4.69) is 22.8 Å². The van der Waals surface area contributed by atoms with E-state index in [0.29, 0.717) is 0 Å². The Morgan fingerprint density at radius 2 is 1.58 bits per heavy atom. The topological polar surface area (TPSA) is 108 Å². The van der Waals surface area contributed by atoms with Gasteiger partial charge < -0.3 is 25.4 Å². The van der Waals surface area contributed by atoms with Crippen molar-refractivity contribution in [3.8, 4) is 11.1 Å². The lowest BCUT2D eigenvalue weighted by atomic mass is 9.98. The number of fused-ring (bicyclic) bond motifs is 3. The van der Waals surface area contributed by atoms with Crippen LogP contribution in [-0.2, 0) is 14.3 Å². The van der Waals surface area contributed by atoms with E-state index in [1.165, 1.54) is 0 Å². The van der Waals surface area contributed by atoms with E-state index >= 15 is 0 Å². The van der Waals surface area contributed by atoms with Crippen molar-refractivity contribution >= 4 is 18.0 Å². The van der Waals surface area contributed by atoms with E-state index in [1.54, 1.807) is 32.8 Å². The van der Waals surface area contributed by atoms with Gasteiger partial charge in [0.15, 0.2) is 0 Å². The lowest BCUT2D eigenvalue weighted by Crippen LogP contribution is -2.51. The van der Waals surface area contributed by atoms with Crippen molar-refractivity contribution < 1.29 is 24.2 Å². The number of carbonyl (C=O) groups excluding carboxylic acids is 2. The number of amides is 2. The molecular weight excluding hydrogens is 422 g/mol. The number of carboxylic acid groups (broad SMARTS) is 1. The summed E-state index contributed by atoms with van der Waals surface area (Å²) in [5, 5.41) is 14.5. The fraction of sp³-hybridized carbons (Fsp3) is 0.400. The molecule has 1 atom stereocenters. The first-order valence-electron chi connectivity index (χ1n) is 10.9. The van der Waals surface area contributed by atoms with Crippen molar-refractivity contribution in [2.45, 2.75) is 37.8 Å². The molecule has 0 aromatic heterocycles. The molecule has 33 heavy (non-hydrogen) atoms. The molecule has 1 aliphatic rings. The quantitative estimate of drug-likeness (QED) is 0.539. The first-order valence-corrected chi connectivity index (χ1v) is 10.9. The summed E-state index contributed by atoms with van der Waals surface area (Å²) < 4.78 is 5.55. The number of hydrogen-bond acceptors (Lipinski definition) is 5. The summed E-state index contributed by atoms with van der Waals surface area (Å²) in [7, 11) is 3.45. The zero-order valence-corrected chi connectivity index (χ0v) is 19.4. The van der Waals surface area contributed by atoms with Crippen LogP contribution in [0.5, 0.6) is 0 Å². The minimum Gasteiger partial charge on any atom is -0.480 e.